The highest BCUT2D eigenvalue weighted by Crippen LogP contribution is 2.05. The number of nitrogens with zero attached hydrogens (tertiary/aromatic N) is 1. The highest BCUT2D eigenvalue weighted by molar-refractivity contribution is 5.83. The summed E-state index contributed by atoms with van der Waals surface area (Å²) in [4.78, 5) is 50.8. The Balaban J connectivity index is 1.61. The van der Waals surface area contributed by atoms with Gasteiger partial charge in [-0.2, -0.15) is 0 Å². The maximum Gasteiger partial charge on any atom is 0.328 e. The third-order valence-electron chi connectivity index (χ3n) is 4.59. The number of hydrogen-bond donors (Lipinski definition) is 3. The molecule has 0 fully saturated rings. The topological polar surface area (TPSA) is 121 Å². The minimum absolute atomic E-state index is 0.00270. The monoisotopic (exact) mass is 395 g/mol. The van der Waals surface area contributed by atoms with Crippen molar-refractivity contribution in [3.8, 4) is 0 Å². The van der Waals surface area contributed by atoms with E-state index in [1.54, 1.807) is 48.5 Å². The number of carbonyl (C=O) groups is 2. The Hall–Kier alpha value is -3.68. The van der Waals surface area contributed by atoms with Crippen molar-refractivity contribution in [1.29, 1.82) is 0 Å². The number of para-hydroxylation sites is 1. The summed E-state index contributed by atoms with van der Waals surface area (Å²) >= 11 is 0. The first-order valence-electron chi connectivity index (χ1n) is 9.23. The molecule has 3 aromatic rings. The molecule has 1 aromatic heterocycles. The van der Waals surface area contributed by atoms with Crippen molar-refractivity contribution in [1.82, 2.24) is 14.9 Å². The van der Waals surface area contributed by atoms with Crippen molar-refractivity contribution in [2.75, 3.05) is 0 Å². The van der Waals surface area contributed by atoms with E-state index in [2.05, 4.69) is 10.3 Å². The Bertz CT molecular complexity index is 1130. The highest BCUT2D eigenvalue weighted by Gasteiger charge is 2.20. The lowest BCUT2D eigenvalue weighted by atomic mass is 10.1. The average Bonchev–Trinajstić information content (AvgIpc) is 2.70. The summed E-state index contributed by atoms with van der Waals surface area (Å²) in [5.74, 6) is -1.57. The van der Waals surface area contributed by atoms with Gasteiger partial charge in [0.1, 0.15) is 6.04 Å². The number of aromatic nitrogens is 2. The summed E-state index contributed by atoms with van der Waals surface area (Å²) in [6, 6.07) is 14.7. The highest BCUT2D eigenvalue weighted by atomic mass is 16.4. The molecule has 0 saturated carbocycles. The van der Waals surface area contributed by atoms with E-state index in [4.69, 9.17) is 0 Å². The molecule has 2 aromatic carbocycles. The van der Waals surface area contributed by atoms with Gasteiger partial charge in [-0.05, 0) is 24.1 Å². The number of amides is 1. The van der Waals surface area contributed by atoms with Gasteiger partial charge < -0.3 is 15.4 Å². The minimum Gasteiger partial charge on any atom is -0.480 e. The second kappa shape index (κ2) is 9.01. The van der Waals surface area contributed by atoms with Crippen LogP contribution in [0.25, 0.3) is 10.9 Å². The van der Waals surface area contributed by atoms with Crippen LogP contribution in [-0.2, 0) is 22.6 Å². The Kier molecular flexibility index (Phi) is 6.23. The molecule has 3 rings (SSSR count). The van der Waals surface area contributed by atoms with Crippen LogP contribution in [-0.4, -0.2) is 32.6 Å². The molecule has 0 aliphatic carbocycles. The number of carboxylic acids is 1. The third-order valence-corrected chi connectivity index (χ3v) is 4.59. The summed E-state index contributed by atoms with van der Waals surface area (Å²) < 4.78 is 1.05. The van der Waals surface area contributed by atoms with E-state index in [9.17, 15) is 24.3 Å². The number of nitrogens with one attached hydrogen (secondary N) is 2. The summed E-state index contributed by atoms with van der Waals surface area (Å²) in [6.07, 6.45) is 0.397. The van der Waals surface area contributed by atoms with Gasteiger partial charge >= 0.3 is 11.7 Å². The van der Waals surface area contributed by atoms with E-state index in [1.165, 1.54) is 0 Å². The van der Waals surface area contributed by atoms with Crippen molar-refractivity contribution < 1.29 is 14.7 Å². The normalized spacial score (nSPS) is 11.9. The maximum atomic E-state index is 12.5. The molecule has 0 aliphatic rings. The van der Waals surface area contributed by atoms with Crippen LogP contribution in [0.4, 0.5) is 0 Å². The van der Waals surface area contributed by atoms with Gasteiger partial charge in [0.2, 0.25) is 5.91 Å². The molecule has 0 aliphatic heterocycles. The summed E-state index contributed by atoms with van der Waals surface area (Å²) in [5, 5.41) is 12.2. The van der Waals surface area contributed by atoms with Gasteiger partial charge in [-0.3, -0.25) is 14.2 Å². The van der Waals surface area contributed by atoms with Gasteiger partial charge in [0.05, 0.1) is 10.9 Å². The van der Waals surface area contributed by atoms with E-state index in [0.717, 1.165) is 10.1 Å². The van der Waals surface area contributed by atoms with Gasteiger partial charge in [-0.15, -0.1) is 0 Å². The molecule has 0 unspecified atom stereocenters. The Morgan fingerprint density at radius 1 is 1.03 bits per heavy atom. The molecule has 8 heteroatoms. The van der Waals surface area contributed by atoms with E-state index in [-0.39, 0.29) is 25.8 Å². The average molecular weight is 395 g/mol. The molecule has 0 bridgehead atoms. The zero-order chi connectivity index (χ0) is 20.8. The van der Waals surface area contributed by atoms with Crippen LogP contribution < -0.4 is 16.6 Å². The Morgan fingerprint density at radius 3 is 2.45 bits per heavy atom. The van der Waals surface area contributed by atoms with Gasteiger partial charge in [0.25, 0.3) is 5.56 Å². The number of benzene rings is 2. The molecule has 1 heterocycles. The van der Waals surface area contributed by atoms with Crippen LogP contribution in [0.2, 0.25) is 0 Å². The molecule has 29 heavy (non-hydrogen) atoms. The minimum atomic E-state index is -1.12. The molecule has 1 amide bonds. The zero-order valence-corrected chi connectivity index (χ0v) is 15.6. The van der Waals surface area contributed by atoms with Crippen LogP contribution in [0.5, 0.6) is 0 Å². The number of carboxylic acid groups (broad SMARTS) is 1. The van der Waals surface area contributed by atoms with Gasteiger partial charge in [-0.25, -0.2) is 9.59 Å². The maximum absolute atomic E-state index is 12.5. The van der Waals surface area contributed by atoms with Gasteiger partial charge in [0.15, 0.2) is 0 Å². The summed E-state index contributed by atoms with van der Waals surface area (Å²) in [6.45, 7) is 0.0584. The van der Waals surface area contributed by atoms with E-state index < -0.39 is 29.2 Å². The SMILES string of the molecule is O=C(CCCn1c(=O)[nH]c2ccccc2c1=O)N[C@H](Cc1ccccc1)C(=O)O. The van der Waals surface area contributed by atoms with Crippen LogP contribution in [0, 0.1) is 0 Å². The second-order valence-electron chi connectivity index (χ2n) is 6.68. The first kappa shape index (κ1) is 20.1. The standard InChI is InChI=1S/C21H21N3O5/c25-18(22-17(20(27)28)13-14-7-2-1-3-8-14)11-6-12-24-19(26)15-9-4-5-10-16(15)23-21(24)29/h1-5,7-10,17H,6,11-13H2,(H,22,25)(H,23,29)(H,27,28)/t17-/m1/s1. The molecule has 0 saturated heterocycles. The summed E-state index contributed by atoms with van der Waals surface area (Å²) in [5.41, 5.74) is 0.301. The quantitative estimate of drug-likeness (QED) is 0.531. The van der Waals surface area contributed by atoms with Gasteiger partial charge in [-0.1, -0.05) is 42.5 Å². The number of fused-ring (bicyclic) bond motifs is 1. The fourth-order valence-corrected chi connectivity index (χ4v) is 3.12. The zero-order valence-electron chi connectivity index (χ0n) is 15.6. The van der Waals surface area contributed by atoms with Crippen molar-refractivity contribution in [2.24, 2.45) is 0 Å². The van der Waals surface area contributed by atoms with Crippen molar-refractivity contribution in [3.05, 3.63) is 81.0 Å². The lowest BCUT2D eigenvalue weighted by Crippen LogP contribution is -2.42. The predicted octanol–water partition coefficient (Wildman–Crippen LogP) is 1.28. The molecule has 3 N–H and O–H groups in total. The molecule has 0 spiro atoms. The number of hydrogen-bond acceptors (Lipinski definition) is 4. The van der Waals surface area contributed by atoms with E-state index in [1.807, 2.05) is 6.07 Å². The number of aromatic amines is 1. The van der Waals surface area contributed by atoms with Crippen LogP contribution in [0.1, 0.15) is 18.4 Å². The molecular formula is C21H21N3O5. The first-order valence-corrected chi connectivity index (χ1v) is 9.23. The molecule has 1 atom stereocenters. The third kappa shape index (κ3) is 4.98. The molecule has 0 radical (unpaired) electrons. The second-order valence-corrected chi connectivity index (χ2v) is 6.68. The number of H-pyrrole nitrogens is 1. The van der Waals surface area contributed by atoms with Crippen LogP contribution in [0.15, 0.2) is 64.2 Å². The Labute approximate surface area is 165 Å². The smallest absolute Gasteiger partial charge is 0.328 e. The van der Waals surface area contributed by atoms with Crippen LogP contribution >= 0.6 is 0 Å². The summed E-state index contributed by atoms with van der Waals surface area (Å²) in [7, 11) is 0. The largest absolute Gasteiger partial charge is 0.480 e. The first-order chi connectivity index (χ1) is 14.0. The van der Waals surface area contributed by atoms with Crippen LogP contribution in [0.3, 0.4) is 0 Å². The van der Waals surface area contributed by atoms with Gasteiger partial charge in [0, 0.05) is 19.4 Å². The van der Waals surface area contributed by atoms with E-state index in [0.29, 0.717) is 10.9 Å². The van der Waals surface area contributed by atoms with Crippen molar-refractivity contribution >= 4 is 22.8 Å². The number of aliphatic carboxylic acids is 1. The lowest BCUT2D eigenvalue weighted by Gasteiger charge is -2.15. The van der Waals surface area contributed by atoms with Crippen molar-refractivity contribution in [2.45, 2.75) is 31.8 Å². The molecule has 150 valence electrons. The van der Waals surface area contributed by atoms with E-state index >= 15 is 0 Å². The number of carbonyl (C=O) groups excluding carboxylic acids is 1. The van der Waals surface area contributed by atoms with Crippen molar-refractivity contribution in [3.63, 3.8) is 0 Å². The molecular weight excluding hydrogens is 374 g/mol. The fraction of sp³-hybridized carbons (Fsp3) is 0.238. The fourth-order valence-electron chi connectivity index (χ4n) is 3.12. The lowest BCUT2D eigenvalue weighted by molar-refractivity contribution is -0.141. The predicted molar refractivity (Wildman–Crippen MR) is 108 cm³/mol. The number of rotatable bonds is 8. The Morgan fingerprint density at radius 2 is 1.72 bits per heavy atom. The molecule has 8 nitrogen and oxygen atoms in total.